The Morgan fingerprint density at radius 1 is 1.16 bits per heavy atom. The van der Waals surface area contributed by atoms with Gasteiger partial charge in [0.25, 0.3) is 0 Å². The van der Waals surface area contributed by atoms with E-state index in [1.165, 1.54) is 20.0 Å². The Hall–Kier alpha value is -1.78. The fourth-order valence-electron chi connectivity index (χ4n) is 2.34. The van der Waals surface area contributed by atoms with Crippen LogP contribution in [0.4, 0.5) is 5.82 Å². The van der Waals surface area contributed by atoms with Crippen molar-refractivity contribution in [2.75, 3.05) is 32.2 Å². The van der Waals surface area contributed by atoms with E-state index in [2.05, 4.69) is 9.88 Å². The molecule has 0 amide bonds. The monoisotopic (exact) mass is 264 g/mol. The van der Waals surface area contributed by atoms with Gasteiger partial charge in [-0.3, -0.25) is 0 Å². The zero-order valence-corrected chi connectivity index (χ0v) is 11.5. The molecule has 0 atom stereocenters. The molecule has 0 bridgehead atoms. The Bertz CT molecular complexity index is 440. The molecule has 5 heteroatoms. The summed E-state index contributed by atoms with van der Waals surface area (Å²) in [5.41, 5.74) is 0.505. The van der Waals surface area contributed by atoms with E-state index in [1.54, 1.807) is 19.2 Å². The van der Waals surface area contributed by atoms with Crippen molar-refractivity contribution in [3.63, 3.8) is 0 Å². The second-order valence-electron chi connectivity index (χ2n) is 4.62. The van der Waals surface area contributed by atoms with Crippen molar-refractivity contribution in [2.45, 2.75) is 25.7 Å². The van der Waals surface area contributed by atoms with E-state index in [4.69, 9.17) is 9.47 Å². The van der Waals surface area contributed by atoms with Crippen LogP contribution in [0.5, 0.6) is 5.88 Å². The lowest BCUT2D eigenvalue weighted by Crippen LogP contribution is -2.27. The van der Waals surface area contributed by atoms with E-state index < -0.39 is 0 Å². The van der Waals surface area contributed by atoms with Crippen LogP contribution in [-0.4, -0.2) is 38.3 Å². The first kappa shape index (κ1) is 13.6. The standard InChI is InChI=1S/C14H20N2O3/c1-18-12-8-7-11(14(17)19-2)13(15-12)16-9-5-3-4-6-10-16/h7-8H,3-6,9-10H2,1-2H3. The van der Waals surface area contributed by atoms with Gasteiger partial charge in [-0.2, -0.15) is 4.98 Å². The molecule has 19 heavy (non-hydrogen) atoms. The van der Waals surface area contributed by atoms with Gasteiger partial charge in [-0.1, -0.05) is 12.8 Å². The van der Waals surface area contributed by atoms with Crippen LogP contribution >= 0.6 is 0 Å². The Kier molecular flexibility index (Phi) is 4.60. The predicted molar refractivity (Wildman–Crippen MR) is 72.8 cm³/mol. The van der Waals surface area contributed by atoms with Gasteiger partial charge in [-0.15, -0.1) is 0 Å². The van der Waals surface area contributed by atoms with Crippen molar-refractivity contribution in [3.05, 3.63) is 17.7 Å². The second kappa shape index (κ2) is 6.41. The Balaban J connectivity index is 2.35. The van der Waals surface area contributed by atoms with Crippen LogP contribution in [0.25, 0.3) is 0 Å². The molecule has 0 aliphatic carbocycles. The SMILES string of the molecule is COC(=O)c1ccc(OC)nc1N1CCCCCC1. The molecule has 1 aromatic rings. The van der Waals surface area contributed by atoms with E-state index >= 15 is 0 Å². The average molecular weight is 264 g/mol. The van der Waals surface area contributed by atoms with Crippen LogP contribution < -0.4 is 9.64 Å². The Morgan fingerprint density at radius 2 is 1.84 bits per heavy atom. The maximum absolute atomic E-state index is 11.8. The highest BCUT2D eigenvalue weighted by molar-refractivity contribution is 5.94. The molecule has 1 aliphatic rings. The zero-order valence-electron chi connectivity index (χ0n) is 11.5. The molecule has 2 rings (SSSR count). The minimum absolute atomic E-state index is 0.352. The van der Waals surface area contributed by atoms with Gasteiger partial charge in [0.15, 0.2) is 0 Å². The third kappa shape index (κ3) is 3.16. The number of aromatic nitrogens is 1. The highest BCUT2D eigenvalue weighted by Gasteiger charge is 2.20. The largest absolute Gasteiger partial charge is 0.481 e. The van der Waals surface area contributed by atoms with E-state index in [1.807, 2.05) is 0 Å². The van der Waals surface area contributed by atoms with Crippen molar-refractivity contribution in [3.8, 4) is 5.88 Å². The van der Waals surface area contributed by atoms with Gasteiger partial charge in [0, 0.05) is 19.2 Å². The molecule has 5 nitrogen and oxygen atoms in total. The molecule has 0 N–H and O–H groups in total. The van der Waals surface area contributed by atoms with E-state index in [0.29, 0.717) is 17.3 Å². The second-order valence-corrected chi connectivity index (χ2v) is 4.62. The average Bonchev–Trinajstić information content (AvgIpc) is 2.74. The van der Waals surface area contributed by atoms with Crippen molar-refractivity contribution in [1.82, 2.24) is 4.98 Å². The lowest BCUT2D eigenvalue weighted by atomic mass is 10.2. The highest BCUT2D eigenvalue weighted by atomic mass is 16.5. The van der Waals surface area contributed by atoms with Gasteiger partial charge in [-0.25, -0.2) is 4.79 Å². The fourth-order valence-corrected chi connectivity index (χ4v) is 2.34. The van der Waals surface area contributed by atoms with Crippen molar-refractivity contribution in [2.24, 2.45) is 0 Å². The molecule has 0 spiro atoms. The predicted octanol–water partition coefficient (Wildman–Crippen LogP) is 2.26. The van der Waals surface area contributed by atoms with Crippen LogP contribution in [0.2, 0.25) is 0 Å². The molecule has 104 valence electrons. The number of anilines is 1. The number of carbonyl (C=O) groups is 1. The Morgan fingerprint density at radius 3 is 2.42 bits per heavy atom. The first-order chi connectivity index (χ1) is 9.26. The molecule has 0 radical (unpaired) electrons. The minimum atomic E-state index is -0.352. The number of hydrogen-bond donors (Lipinski definition) is 0. The fraction of sp³-hybridized carbons (Fsp3) is 0.571. The van der Waals surface area contributed by atoms with Gasteiger partial charge in [0.05, 0.1) is 14.2 Å². The zero-order chi connectivity index (χ0) is 13.7. The lowest BCUT2D eigenvalue weighted by Gasteiger charge is -2.23. The number of methoxy groups -OCH3 is 2. The van der Waals surface area contributed by atoms with Gasteiger partial charge in [-0.05, 0) is 18.9 Å². The third-order valence-electron chi connectivity index (χ3n) is 3.37. The highest BCUT2D eigenvalue weighted by Crippen LogP contribution is 2.25. The first-order valence-electron chi connectivity index (χ1n) is 6.64. The summed E-state index contributed by atoms with van der Waals surface area (Å²) in [5.74, 6) is 0.842. The number of esters is 1. The summed E-state index contributed by atoms with van der Waals surface area (Å²) in [6, 6.07) is 3.41. The Labute approximate surface area is 113 Å². The summed E-state index contributed by atoms with van der Waals surface area (Å²) in [7, 11) is 2.96. The lowest BCUT2D eigenvalue weighted by molar-refractivity contribution is 0.0601. The number of hydrogen-bond acceptors (Lipinski definition) is 5. The molecule has 0 saturated carbocycles. The number of carbonyl (C=O) groups excluding carboxylic acids is 1. The van der Waals surface area contributed by atoms with Gasteiger partial charge in [0.2, 0.25) is 5.88 Å². The summed E-state index contributed by atoms with van der Waals surface area (Å²) >= 11 is 0. The van der Waals surface area contributed by atoms with Crippen molar-refractivity contribution >= 4 is 11.8 Å². The molecule has 1 saturated heterocycles. The normalized spacial score (nSPS) is 15.8. The van der Waals surface area contributed by atoms with Crippen molar-refractivity contribution in [1.29, 1.82) is 0 Å². The van der Waals surface area contributed by atoms with Gasteiger partial charge in [0.1, 0.15) is 11.4 Å². The smallest absolute Gasteiger partial charge is 0.341 e. The van der Waals surface area contributed by atoms with Crippen LogP contribution in [0.1, 0.15) is 36.0 Å². The summed E-state index contributed by atoms with van der Waals surface area (Å²) in [4.78, 5) is 18.4. The van der Waals surface area contributed by atoms with Crippen LogP contribution in [-0.2, 0) is 4.74 Å². The number of rotatable bonds is 3. The van der Waals surface area contributed by atoms with Crippen LogP contribution in [0, 0.1) is 0 Å². The van der Waals surface area contributed by atoms with Crippen molar-refractivity contribution < 1.29 is 14.3 Å². The summed E-state index contributed by atoms with van der Waals surface area (Å²) in [5, 5.41) is 0. The molecule has 0 aromatic carbocycles. The third-order valence-corrected chi connectivity index (χ3v) is 3.37. The van der Waals surface area contributed by atoms with E-state index in [0.717, 1.165) is 25.9 Å². The van der Waals surface area contributed by atoms with Crippen LogP contribution in [0.3, 0.4) is 0 Å². The molecule has 1 aromatic heterocycles. The summed E-state index contributed by atoms with van der Waals surface area (Å²) < 4.78 is 9.98. The molecular weight excluding hydrogens is 244 g/mol. The van der Waals surface area contributed by atoms with E-state index in [-0.39, 0.29) is 5.97 Å². The van der Waals surface area contributed by atoms with Crippen LogP contribution in [0.15, 0.2) is 12.1 Å². The van der Waals surface area contributed by atoms with E-state index in [9.17, 15) is 4.79 Å². The number of pyridine rings is 1. The minimum Gasteiger partial charge on any atom is -0.481 e. The maximum atomic E-state index is 11.8. The summed E-state index contributed by atoms with van der Waals surface area (Å²) in [6.45, 7) is 1.84. The van der Waals surface area contributed by atoms with Gasteiger partial charge >= 0.3 is 5.97 Å². The molecule has 1 aliphatic heterocycles. The maximum Gasteiger partial charge on any atom is 0.341 e. The van der Waals surface area contributed by atoms with Gasteiger partial charge < -0.3 is 14.4 Å². The molecular formula is C14H20N2O3. The topological polar surface area (TPSA) is 51.7 Å². The number of ether oxygens (including phenoxy) is 2. The molecule has 0 unspecified atom stereocenters. The molecule has 2 heterocycles. The quantitative estimate of drug-likeness (QED) is 0.784. The summed E-state index contributed by atoms with van der Waals surface area (Å²) in [6.07, 6.45) is 4.71. The molecule has 1 fully saturated rings. The first-order valence-corrected chi connectivity index (χ1v) is 6.64. The number of nitrogens with zero attached hydrogens (tertiary/aromatic N) is 2.